The molecule has 0 spiro atoms. The third-order valence-electron chi connectivity index (χ3n) is 2.22. The van der Waals surface area contributed by atoms with E-state index in [-0.39, 0.29) is 10.8 Å². The van der Waals surface area contributed by atoms with Crippen molar-refractivity contribution in [3.05, 3.63) is 23.8 Å². The lowest BCUT2D eigenvalue weighted by atomic mass is 10.0. The Hall–Kier alpha value is -1.07. The second-order valence-electron chi connectivity index (χ2n) is 3.81. The monoisotopic (exact) mass is 243 g/mol. The van der Waals surface area contributed by atoms with Gasteiger partial charge < -0.3 is 4.74 Å². The molecule has 0 aliphatic heterocycles. The fraction of sp³-hybridized carbons (Fsp3) is 0.455. The van der Waals surface area contributed by atoms with Crippen LogP contribution in [0.2, 0.25) is 0 Å². The molecule has 0 aromatic heterocycles. The maximum absolute atomic E-state index is 11.6. The van der Waals surface area contributed by atoms with E-state index in [0.29, 0.717) is 17.9 Å². The topological polar surface area (TPSA) is 69.4 Å². The van der Waals surface area contributed by atoms with E-state index < -0.39 is 10.0 Å². The van der Waals surface area contributed by atoms with Crippen molar-refractivity contribution in [2.75, 3.05) is 6.61 Å². The van der Waals surface area contributed by atoms with Gasteiger partial charge in [0.2, 0.25) is 10.0 Å². The highest BCUT2D eigenvalue weighted by Crippen LogP contribution is 2.31. The number of nitrogens with two attached hydrogens (primary N) is 1. The number of hydrogen-bond acceptors (Lipinski definition) is 3. The summed E-state index contributed by atoms with van der Waals surface area (Å²) >= 11 is 0. The largest absolute Gasteiger partial charge is 0.492 e. The first-order valence-corrected chi connectivity index (χ1v) is 6.71. The Labute approximate surface area is 96.5 Å². The molecule has 0 amide bonds. The predicted molar refractivity (Wildman–Crippen MR) is 63.1 cm³/mol. The lowest BCUT2D eigenvalue weighted by molar-refractivity contribution is 0.330. The summed E-state index contributed by atoms with van der Waals surface area (Å²) < 4.78 is 28.4. The molecule has 0 saturated carbocycles. The van der Waals surface area contributed by atoms with E-state index in [0.717, 1.165) is 0 Å². The van der Waals surface area contributed by atoms with Crippen LogP contribution in [0.4, 0.5) is 0 Å². The summed E-state index contributed by atoms with van der Waals surface area (Å²) in [5, 5.41) is 5.22. The number of ether oxygens (including phenoxy) is 1. The van der Waals surface area contributed by atoms with Gasteiger partial charge in [-0.1, -0.05) is 26.0 Å². The third kappa shape index (κ3) is 2.74. The summed E-state index contributed by atoms with van der Waals surface area (Å²) in [6.07, 6.45) is 0. The third-order valence-corrected chi connectivity index (χ3v) is 3.22. The Morgan fingerprint density at radius 1 is 1.38 bits per heavy atom. The van der Waals surface area contributed by atoms with Crippen molar-refractivity contribution in [3.63, 3.8) is 0 Å². The standard InChI is InChI=1S/C11H17NO3S/c1-4-15-10-7-5-6-9(8(2)3)11(10)16(12,13)14/h5-8H,4H2,1-3H3,(H2,12,13,14). The predicted octanol–water partition coefficient (Wildman–Crippen LogP) is 1.86. The second-order valence-corrected chi connectivity index (χ2v) is 5.31. The van der Waals surface area contributed by atoms with E-state index >= 15 is 0 Å². The first-order chi connectivity index (χ1) is 7.38. The van der Waals surface area contributed by atoms with Gasteiger partial charge in [-0.3, -0.25) is 0 Å². The average molecular weight is 243 g/mol. The van der Waals surface area contributed by atoms with Crippen molar-refractivity contribution in [3.8, 4) is 5.75 Å². The van der Waals surface area contributed by atoms with Crippen LogP contribution in [0.3, 0.4) is 0 Å². The van der Waals surface area contributed by atoms with Crippen LogP contribution in [0.5, 0.6) is 5.75 Å². The molecule has 0 aliphatic carbocycles. The summed E-state index contributed by atoms with van der Waals surface area (Å²) in [6.45, 7) is 6.04. The molecule has 0 aliphatic rings. The van der Waals surface area contributed by atoms with Gasteiger partial charge in [0.05, 0.1) is 6.61 Å². The Balaban J connectivity index is 3.48. The minimum Gasteiger partial charge on any atom is -0.492 e. The molecule has 1 rings (SSSR count). The zero-order valence-corrected chi connectivity index (χ0v) is 10.5. The number of rotatable bonds is 4. The Morgan fingerprint density at radius 2 is 2.00 bits per heavy atom. The summed E-state index contributed by atoms with van der Waals surface area (Å²) in [5.41, 5.74) is 0.688. The molecule has 1 aromatic rings. The number of benzene rings is 1. The Bertz CT molecular complexity index is 466. The average Bonchev–Trinajstić information content (AvgIpc) is 2.16. The maximum atomic E-state index is 11.6. The smallest absolute Gasteiger partial charge is 0.242 e. The molecule has 4 nitrogen and oxygen atoms in total. The van der Waals surface area contributed by atoms with E-state index in [2.05, 4.69) is 0 Å². The van der Waals surface area contributed by atoms with Gasteiger partial charge in [-0.15, -0.1) is 0 Å². The van der Waals surface area contributed by atoms with Gasteiger partial charge in [0.1, 0.15) is 10.6 Å². The molecule has 16 heavy (non-hydrogen) atoms. The van der Waals surface area contributed by atoms with Crippen LogP contribution < -0.4 is 9.88 Å². The maximum Gasteiger partial charge on any atom is 0.242 e. The fourth-order valence-corrected chi connectivity index (χ4v) is 2.60. The van der Waals surface area contributed by atoms with Crippen molar-refractivity contribution in [2.24, 2.45) is 5.14 Å². The molecular weight excluding hydrogens is 226 g/mol. The first-order valence-electron chi connectivity index (χ1n) is 5.16. The lowest BCUT2D eigenvalue weighted by Gasteiger charge is -2.15. The van der Waals surface area contributed by atoms with E-state index in [1.54, 1.807) is 25.1 Å². The first kappa shape index (κ1) is 13.0. The van der Waals surface area contributed by atoms with Gasteiger partial charge in [0.15, 0.2) is 0 Å². The molecule has 0 atom stereocenters. The highest BCUT2D eigenvalue weighted by Gasteiger charge is 2.21. The van der Waals surface area contributed by atoms with Gasteiger partial charge in [0, 0.05) is 0 Å². The zero-order chi connectivity index (χ0) is 12.3. The van der Waals surface area contributed by atoms with Crippen LogP contribution in [0.15, 0.2) is 23.1 Å². The highest BCUT2D eigenvalue weighted by atomic mass is 32.2. The minimum absolute atomic E-state index is 0.0775. The van der Waals surface area contributed by atoms with Crippen molar-refractivity contribution in [2.45, 2.75) is 31.6 Å². The number of sulfonamides is 1. The molecule has 0 saturated heterocycles. The van der Waals surface area contributed by atoms with Crippen molar-refractivity contribution < 1.29 is 13.2 Å². The molecule has 1 aromatic carbocycles. The van der Waals surface area contributed by atoms with Crippen molar-refractivity contribution in [1.29, 1.82) is 0 Å². The van der Waals surface area contributed by atoms with Crippen LogP contribution in [-0.2, 0) is 10.0 Å². The van der Waals surface area contributed by atoms with Gasteiger partial charge in [-0.05, 0) is 24.5 Å². The van der Waals surface area contributed by atoms with Gasteiger partial charge >= 0.3 is 0 Å². The summed E-state index contributed by atoms with van der Waals surface area (Å²) in [7, 11) is -3.76. The van der Waals surface area contributed by atoms with E-state index in [1.807, 2.05) is 13.8 Å². The summed E-state index contributed by atoms with van der Waals surface area (Å²) in [5.74, 6) is 0.407. The molecule has 5 heteroatoms. The van der Waals surface area contributed by atoms with Crippen molar-refractivity contribution >= 4 is 10.0 Å². The van der Waals surface area contributed by atoms with E-state index in [1.165, 1.54) is 0 Å². The SMILES string of the molecule is CCOc1cccc(C(C)C)c1S(N)(=O)=O. The van der Waals surface area contributed by atoms with Crippen LogP contribution in [0, 0.1) is 0 Å². The molecule has 0 unspecified atom stereocenters. The van der Waals surface area contributed by atoms with Crippen LogP contribution in [-0.4, -0.2) is 15.0 Å². The van der Waals surface area contributed by atoms with Gasteiger partial charge in [-0.2, -0.15) is 0 Å². The van der Waals surface area contributed by atoms with E-state index in [4.69, 9.17) is 9.88 Å². The highest BCUT2D eigenvalue weighted by molar-refractivity contribution is 7.89. The second kappa shape index (κ2) is 4.84. The molecular formula is C11H17NO3S. The van der Waals surface area contributed by atoms with Gasteiger partial charge in [-0.25, -0.2) is 13.6 Å². The Morgan fingerprint density at radius 3 is 2.44 bits per heavy atom. The summed E-state index contributed by atoms with van der Waals surface area (Å²) in [4.78, 5) is 0.104. The molecule has 0 fully saturated rings. The van der Waals surface area contributed by atoms with Crippen LogP contribution in [0.1, 0.15) is 32.3 Å². The molecule has 2 N–H and O–H groups in total. The van der Waals surface area contributed by atoms with Crippen LogP contribution in [0.25, 0.3) is 0 Å². The van der Waals surface area contributed by atoms with Crippen LogP contribution >= 0.6 is 0 Å². The Kier molecular flexibility index (Phi) is 3.93. The van der Waals surface area contributed by atoms with Crippen molar-refractivity contribution in [1.82, 2.24) is 0 Å². The number of primary sulfonamides is 1. The zero-order valence-electron chi connectivity index (χ0n) is 9.73. The molecule has 0 radical (unpaired) electrons. The quantitative estimate of drug-likeness (QED) is 0.877. The molecule has 90 valence electrons. The number of hydrogen-bond donors (Lipinski definition) is 1. The minimum atomic E-state index is -3.76. The summed E-state index contributed by atoms with van der Waals surface area (Å²) in [6, 6.07) is 5.15. The lowest BCUT2D eigenvalue weighted by Crippen LogP contribution is -2.17. The molecule has 0 bridgehead atoms. The normalized spacial score (nSPS) is 11.8. The molecule has 0 heterocycles. The van der Waals surface area contributed by atoms with Gasteiger partial charge in [0.25, 0.3) is 0 Å². The fourth-order valence-electron chi connectivity index (χ4n) is 1.56. The van der Waals surface area contributed by atoms with E-state index in [9.17, 15) is 8.42 Å².